The summed E-state index contributed by atoms with van der Waals surface area (Å²) >= 11 is 0. The van der Waals surface area contributed by atoms with Gasteiger partial charge < -0.3 is 15.4 Å². The van der Waals surface area contributed by atoms with Crippen LogP contribution in [0.2, 0.25) is 0 Å². The zero-order chi connectivity index (χ0) is 23.3. The molecule has 0 saturated heterocycles. The fourth-order valence-corrected chi connectivity index (χ4v) is 2.65. The lowest BCUT2D eigenvalue weighted by molar-refractivity contribution is -0.207. The van der Waals surface area contributed by atoms with Gasteiger partial charge in [-0.05, 0) is 30.7 Å². The lowest BCUT2D eigenvalue weighted by Gasteiger charge is -2.35. The number of alkyl halides is 6. The molecular formula is C20H18F6N2O3. The number of esters is 1. The number of hydrogen-bond acceptors (Lipinski definition) is 4. The Morgan fingerprint density at radius 1 is 0.935 bits per heavy atom. The zero-order valence-corrected chi connectivity index (χ0v) is 16.1. The van der Waals surface area contributed by atoms with Crippen molar-refractivity contribution in [3.63, 3.8) is 0 Å². The molecule has 0 radical (unpaired) electrons. The fraction of sp³-hybridized carbons (Fsp3) is 0.300. The van der Waals surface area contributed by atoms with Gasteiger partial charge in [-0.15, -0.1) is 0 Å². The molecule has 31 heavy (non-hydrogen) atoms. The van der Waals surface area contributed by atoms with Crippen LogP contribution in [0.4, 0.5) is 32.0 Å². The maximum atomic E-state index is 14.1. The molecule has 0 fully saturated rings. The van der Waals surface area contributed by atoms with Crippen molar-refractivity contribution in [3.05, 3.63) is 65.7 Å². The summed E-state index contributed by atoms with van der Waals surface area (Å²) in [6.07, 6.45) is -10.8. The van der Waals surface area contributed by atoms with Crippen LogP contribution in [0, 0.1) is 0 Å². The van der Waals surface area contributed by atoms with Gasteiger partial charge in [-0.2, -0.15) is 26.3 Å². The molecule has 2 aromatic carbocycles. The van der Waals surface area contributed by atoms with E-state index in [4.69, 9.17) is 0 Å². The lowest BCUT2D eigenvalue weighted by Crippen LogP contribution is -2.69. The maximum Gasteiger partial charge on any atom is 0.441 e. The molecule has 0 aromatic heterocycles. The lowest BCUT2D eigenvalue weighted by atomic mass is 10.1. The van der Waals surface area contributed by atoms with E-state index in [1.165, 1.54) is 19.1 Å². The Bertz CT molecular complexity index is 915. The van der Waals surface area contributed by atoms with Gasteiger partial charge in [0.25, 0.3) is 0 Å². The minimum Gasteiger partial charge on any atom is -0.463 e. The number of ether oxygens (including phenoxy) is 1. The predicted octanol–water partition coefficient (Wildman–Crippen LogP) is 4.30. The zero-order valence-electron chi connectivity index (χ0n) is 16.1. The van der Waals surface area contributed by atoms with Crippen molar-refractivity contribution < 1.29 is 40.7 Å². The van der Waals surface area contributed by atoms with Crippen LogP contribution in [0.15, 0.2) is 54.6 Å². The van der Waals surface area contributed by atoms with E-state index in [1.807, 2.05) is 0 Å². The second-order valence-corrected chi connectivity index (χ2v) is 6.38. The number of hydrogen-bond donors (Lipinski definition) is 2. The topological polar surface area (TPSA) is 67.4 Å². The quantitative estimate of drug-likeness (QED) is 0.377. The molecule has 0 aliphatic carbocycles. The Labute approximate surface area is 173 Å². The molecule has 0 spiro atoms. The highest BCUT2D eigenvalue weighted by Gasteiger charge is 2.63. The number of carbonyl (C=O) groups excluding carboxylic acids is 2. The first-order chi connectivity index (χ1) is 14.4. The standard InChI is InChI=1S/C20H18F6N2O3/c1-2-31-17(30)18(20(24,25)26,28-16(29)11-13-7-4-3-5-8-13)27-15-10-6-9-14(12-15)19(21,22)23/h3-10,12,27H,2,11H2,1H3,(H,28,29)/t18-/m1/s1. The molecule has 168 valence electrons. The molecule has 1 amide bonds. The first kappa shape index (κ1) is 24.0. The molecule has 0 heterocycles. The molecule has 11 heteroatoms. The van der Waals surface area contributed by atoms with E-state index in [0.717, 1.165) is 12.1 Å². The highest BCUT2D eigenvalue weighted by Crippen LogP contribution is 2.35. The number of anilines is 1. The largest absolute Gasteiger partial charge is 0.463 e. The van der Waals surface area contributed by atoms with Crippen LogP contribution < -0.4 is 10.6 Å². The van der Waals surface area contributed by atoms with Crippen LogP contribution in [-0.4, -0.2) is 30.3 Å². The van der Waals surface area contributed by atoms with Crippen molar-refractivity contribution in [1.82, 2.24) is 5.32 Å². The van der Waals surface area contributed by atoms with Gasteiger partial charge in [0.2, 0.25) is 5.91 Å². The smallest absolute Gasteiger partial charge is 0.441 e. The predicted molar refractivity (Wildman–Crippen MR) is 98.8 cm³/mol. The van der Waals surface area contributed by atoms with E-state index in [-0.39, 0.29) is 0 Å². The molecule has 0 aliphatic heterocycles. The molecule has 0 saturated carbocycles. The second-order valence-electron chi connectivity index (χ2n) is 6.38. The molecule has 0 unspecified atom stereocenters. The van der Waals surface area contributed by atoms with Gasteiger partial charge in [0.15, 0.2) is 0 Å². The van der Waals surface area contributed by atoms with Crippen molar-refractivity contribution in [2.75, 3.05) is 11.9 Å². The van der Waals surface area contributed by atoms with E-state index < -0.39 is 54.2 Å². The number of halogens is 6. The Kier molecular flexibility index (Phi) is 7.19. The molecule has 2 rings (SSSR count). The third-order valence-electron chi connectivity index (χ3n) is 4.06. The van der Waals surface area contributed by atoms with Crippen LogP contribution in [0.5, 0.6) is 0 Å². The van der Waals surface area contributed by atoms with Gasteiger partial charge >= 0.3 is 24.0 Å². The Morgan fingerprint density at radius 2 is 1.58 bits per heavy atom. The van der Waals surface area contributed by atoms with E-state index in [0.29, 0.717) is 17.7 Å². The number of benzene rings is 2. The molecule has 2 N–H and O–H groups in total. The van der Waals surface area contributed by atoms with Crippen LogP contribution >= 0.6 is 0 Å². The van der Waals surface area contributed by atoms with Gasteiger partial charge in [0, 0.05) is 5.69 Å². The minimum absolute atomic E-state index is 0.360. The molecule has 0 bridgehead atoms. The van der Waals surface area contributed by atoms with E-state index in [2.05, 4.69) is 4.74 Å². The molecule has 1 atom stereocenters. The minimum atomic E-state index is -5.46. The van der Waals surface area contributed by atoms with E-state index in [9.17, 15) is 35.9 Å². The van der Waals surface area contributed by atoms with Crippen LogP contribution in [0.25, 0.3) is 0 Å². The summed E-state index contributed by atoms with van der Waals surface area (Å²) in [5, 5.41) is 3.29. The molecule has 0 aliphatic rings. The van der Waals surface area contributed by atoms with Crippen molar-refractivity contribution in [3.8, 4) is 0 Å². The normalized spacial score (nSPS) is 13.8. The first-order valence-corrected chi connectivity index (χ1v) is 8.93. The highest BCUT2D eigenvalue weighted by molar-refractivity contribution is 5.92. The molecule has 5 nitrogen and oxygen atoms in total. The van der Waals surface area contributed by atoms with Gasteiger partial charge in [-0.25, -0.2) is 4.79 Å². The number of carbonyl (C=O) groups is 2. The highest BCUT2D eigenvalue weighted by atomic mass is 19.4. The van der Waals surface area contributed by atoms with Crippen molar-refractivity contribution >= 4 is 17.6 Å². The summed E-state index contributed by atoms with van der Waals surface area (Å²) in [4.78, 5) is 24.7. The van der Waals surface area contributed by atoms with Crippen molar-refractivity contribution in [2.45, 2.75) is 31.4 Å². The summed E-state index contributed by atoms with van der Waals surface area (Å²) < 4.78 is 85.6. The van der Waals surface area contributed by atoms with Gasteiger partial charge in [0.05, 0.1) is 18.6 Å². The Balaban J connectivity index is 2.46. The summed E-state index contributed by atoms with van der Waals surface area (Å²) in [7, 11) is 0. The van der Waals surface area contributed by atoms with Crippen LogP contribution in [-0.2, 0) is 26.9 Å². The fourth-order valence-electron chi connectivity index (χ4n) is 2.65. The second kappa shape index (κ2) is 9.27. The SMILES string of the molecule is CCOC(=O)[C@](NC(=O)Cc1ccccc1)(Nc1cccc(C(F)(F)F)c1)C(F)(F)F. The Hall–Kier alpha value is -3.24. The van der Waals surface area contributed by atoms with Crippen molar-refractivity contribution in [2.24, 2.45) is 0 Å². The third-order valence-corrected chi connectivity index (χ3v) is 4.06. The Morgan fingerprint density at radius 3 is 2.13 bits per heavy atom. The van der Waals surface area contributed by atoms with E-state index in [1.54, 1.807) is 28.8 Å². The van der Waals surface area contributed by atoms with Gasteiger partial charge in [-0.3, -0.25) is 4.79 Å². The monoisotopic (exact) mass is 448 g/mol. The third kappa shape index (κ3) is 5.89. The summed E-state index contributed by atoms with van der Waals surface area (Å²) in [6, 6.07) is 10.5. The maximum absolute atomic E-state index is 14.1. The summed E-state index contributed by atoms with van der Waals surface area (Å²) in [5.41, 5.74) is -5.38. The number of nitrogens with one attached hydrogen (secondary N) is 2. The molecule has 2 aromatic rings. The number of rotatable bonds is 7. The van der Waals surface area contributed by atoms with Crippen LogP contribution in [0.3, 0.4) is 0 Å². The van der Waals surface area contributed by atoms with Crippen LogP contribution in [0.1, 0.15) is 18.1 Å². The summed E-state index contributed by atoms with van der Waals surface area (Å²) in [5.74, 6) is -3.11. The van der Waals surface area contributed by atoms with E-state index >= 15 is 0 Å². The van der Waals surface area contributed by atoms with Gasteiger partial charge in [-0.1, -0.05) is 36.4 Å². The number of amides is 1. The van der Waals surface area contributed by atoms with Crippen molar-refractivity contribution in [1.29, 1.82) is 0 Å². The average molecular weight is 448 g/mol. The molecular weight excluding hydrogens is 430 g/mol. The average Bonchev–Trinajstić information content (AvgIpc) is 2.67. The van der Waals surface area contributed by atoms with Gasteiger partial charge in [0.1, 0.15) is 0 Å². The summed E-state index contributed by atoms with van der Waals surface area (Å²) in [6.45, 7) is 0.782. The first-order valence-electron chi connectivity index (χ1n) is 8.93.